The van der Waals surface area contributed by atoms with Gasteiger partial charge in [0, 0.05) is 11.6 Å². The summed E-state index contributed by atoms with van der Waals surface area (Å²) < 4.78 is 5.78. The van der Waals surface area contributed by atoms with Crippen LogP contribution in [0.15, 0.2) is 42.5 Å². The lowest BCUT2D eigenvalue weighted by atomic mass is 10.1. The van der Waals surface area contributed by atoms with Crippen molar-refractivity contribution in [3.63, 3.8) is 0 Å². The highest BCUT2D eigenvalue weighted by molar-refractivity contribution is 5.40. The van der Waals surface area contributed by atoms with E-state index in [9.17, 15) is 0 Å². The molecule has 0 fully saturated rings. The van der Waals surface area contributed by atoms with Crippen LogP contribution in [0, 0.1) is 0 Å². The van der Waals surface area contributed by atoms with Crippen molar-refractivity contribution in [1.82, 2.24) is 4.98 Å². The van der Waals surface area contributed by atoms with Crippen LogP contribution < -0.4 is 10.1 Å². The summed E-state index contributed by atoms with van der Waals surface area (Å²) in [5.41, 5.74) is 1.28. The highest BCUT2D eigenvalue weighted by Gasteiger charge is 2.10. The second-order valence-electron chi connectivity index (χ2n) is 5.84. The van der Waals surface area contributed by atoms with Gasteiger partial charge >= 0.3 is 0 Å². The van der Waals surface area contributed by atoms with Crippen molar-refractivity contribution in [2.24, 2.45) is 0 Å². The average molecular weight is 270 g/mol. The Hall–Kier alpha value is -2.03. The molecule has 0 amide bonds. The van der Waals surface area contributed by atoms with Gasteiger partial charge in [-0.2, -0.15) is 4.98 Å². The Morgan fingerprint density at radius 3 is 2.35 bits per heavy atom. The number of anilines is 1. The molecule has 1 aromatic carbocycles. The number of rotatable bonds is 4. The van der Waals surface area contributed by atoms with Crippen LogP contribution in [0.3, 0.4) is 0 Å². The second-order valence-corrected chi connectivity index (χ2v) is 5.84. The van der Waals surface area contributed by atoms with Crippen LogP contribution >= 0.6 is 0 Å². The number of benzene rings is 1. The molecular formula is C17H22N2O. The number of nitrogens with one attached hydrogen (secondary N) is 1. The number of aromatic nitrogens is 1. The quantitative estimate of drug-likeness (QED) is 0.878. The van der Waals surface area contributed by atoms with E-state index in [2.05, 4.69) is 50.1 Å². The first kappa shape index (κ1) is 14.4. The number of ether oxygens (including phenoxy) is 1. The molecule has 0 aliphatic rings. The van der Waals surface area contributed by atoms with Crippen LogP contribution in [0.5, 0.6) is 11.6 Å². The van der Waals surface area contributed by atoms with Gasteiger partial charge in [0.2, 0.25) is 5.88 Å². The van der Waals surface area contributed by atoms with Gasteiger partial charge in [-0.3, -0.25) is 0 Å². The van der Waals surface area contributed by atoms with Crippen molar-refractivity contribution >= 4 is 5.82 Å². The van der Waals surface area contributed by atoms with E-state index in [0.717, 1.165) is 18.0 Å². The van der Waals surface area contributed by atoms with E-state index in [1.54, 1.807) is 0 Å². The highest BCUT2D eigenvalue weighted by atomic mass is 16.5. The highest BCUT2D eigenvalue weighted by Crippen LogP contribution is 2.22. The van der Waals surface area contributed by atoms with Crippen molar-refractivity contribution < 1.29 is 4.74 Å². The minimum atomic E-state index is -0.0194. The number of pyridine rings is 1. The molecule has 1 aromatic heterocycles. The molecule has 0 spiro atoms. The van der Waals surface area contributed by atoms with E-state index < -0.39 is 0 Å². The van der Waals surface area contributed by atoms with Crippen molar-refractivity contribution in [1.29, 1.82) is 0 Å². The topological polar surface area (TPSA) is 34.1 Å². The summed E-state index contributed by atoms with van der Waals surface area (Å²) in [4.78, 5) is 4.46. The first-order valence-electron chi connectivity index (χ1n) is 6.98. The van der Waals surface area contributed by atoms with Crippen LogP contribution in [-0.4, -0.2) is 10.5 Å². The lowest BCUT2D eigenvalue weighted by molar-refractivity contribution is 0.462. The normalized spacial score (nSPS) is 11.2. The molecular weight excluding hydrogens is 248 g/mol. The van der Waals surface area contributed by atoms with Gasteiger partial charge in [-0.15, -0.1) is 0 Å². The number of hydrogen-bond acceptors (Lipinski definition) is 3. The molecule has 3 nitrogen and oxygen atoms in total. The lowest BCUT2D eigenvalue weighted by Crippen LogP contribution is -2.26. The maximum Gasteiger partial charge on any atom is 0.221 e. The summed E-state index contributed by atoms with van der Waals surface area (Å²) in [6.45, 7) is 8.45. The molecule has 0 saturated carbocycles. The maximum absolute atomic E-state index is 5.78. The Morgan fingerprint density at radius 2 is 1.75 bits per heavy atom. The van der Waals surface area contributed by atoms with Crippen molar-refractivity contribution in [2.75, 3.05) is 5.32 Å². The molecule has 0 saturated heterocycles. The molecule has 0 atom stereocenters. The summed E-state index contributed by atoms with van der Waals surface area (Å²) in [7, 11) is 0. The SMILES string of the molecule is CCc1ccc(Oc2cccc(NC(C)(C)C)n2)cc1. The zero-order valence-electron chi connectivity index (χ0n) is 12.6. The minimum Gasteiger partial charge on any atom is -0.439 e. The molecule has 0 aliphatic carbocycles. The number of hydrogen-bond donors (Lipinski definition) is 1. The molecule has 0 aliphatic heterocycles. The standard InChI is InChI=1S/C17H22N2O/c1-5-13-9-11-14(12-10-13)20-16-8-6-7-15(18-16)19-17(2,3)4/h6-12H,5H2,1-4H3,(H,18,19). The Balaban J connectivity index is 2.10. The van der Waals surface area contributed by atoms with E-state index in [0.29, 0.717) is 5.88 Å². The summed E-state index contributed by atoms with van der Waals surface area (Å²) in [5.74, 6) is 2.23. The average Bonchev–Trinajstić information content (AvgIpc) is 2.38. The van der Waals surface area contributed by atoms with E-state index >= 15 is 0 Å². The third-order valence-corrected chi connectivity index (χ3v) is 2.78. The van der Waals surface area contributed by atoms with Gasteiger partial charge in [0.1, 0.15) is 11.6 Å². The van der Waals surface area contributed by atoms with Gasteiger partial charge < -0.3 is 10.1 Å². The monoisotopic (exact) mass is 270 g/mol. The number of aryl methyl sites for hydroxylation is 1. The van der Waals surface area contributed by atoms with Crippen LogP contribution in [0.1, 0.15) is 33.3 Å². The van der Waals surface area contributed by atoms with Crippen LogP contribution in [0.25, 0.3) is 0 Å². The van der Waals surface area contributed by atoms with E-state index in [4.69, 9.17) is 4.74 Å². The predicted molar refractivity (Wildman–Crippen MR) is 83.5 cm³/mol. The molecule has 2 aromatic rings. The summed E-state index contributed by atoms with van der Waals surface area (Å²) >= 11 is 0. The molecule has 20 heavy (non-hydrogen) atoms. The molecule has 2 rings (SSSR count). The van der Waals surface area contributed by atoms with E-state index in [-0.39, 0.29) is 5.54 Å². The molecule has 1 N–H and O–H groups in total. The first-order chi connectivity index (χ1) is 9.46. The van der Waals surface area contributed by atoms with Gasteiger partial charge in [0.15, 0.2) is 0 Å². The largest absolute Gasteiger partial charge is 0.439 e. The Bertz CT molecular complexity index is 556. The smallest absolute Gasteiger partial charge is 0.221 e. The summed E-state index contributed by atoms with van der Waals surface area (Å²) in [6.07, 6.45) is 1.03. The predicted octanol–water partition coefficient (Wildman–Crippen LogP) is 4.65. The first-order valence-corrected chi connectivity index (χ1v) is 6.98. The zero-order valence-corrected chi connectivity index (χ0v) is 12.6. The van der Waals surface area contributed by atoms with Crippen LogP contribution in [0.2, 0.25) is 0 Å². The van der Waals surface area contributed by atoms with Crippen LogP contribution in [-0.2, 0) is 6.42 Å². The molecule has 1 heterocycles. The fourth-order valence-electron chi connectivity index (χ4n) is 1.84. The maximum atomic E-state index is 5.78. The fraction of sp³-hybridized carbons (Fsp3) is 0.353. The van der Waals surface area contributed by atoms with Crippen molar-refractivity contribution in [2.45, 2.75) is 39.7 Å². The third-order valence-electron chi connectivity index (χ3n) is 2.78. The minimum absolute atomic E-state index is 0.0194. The molecule has 0 unspecified atom stereocenters. The zero-order chi connectivity index (χ0) is 14.6. The van der Waals surface area contributed by atoms with Gasteiger partial charge in [-0.05, 0) is 51.0 Å². The second kappa shape index (κ2) is 5.95. The van der Waals surface area contributed by atoms with E-state index in [1.807, 2.05) is 30.3 Å². The number of nitrogens with zero attached hydrogens (tertiary/aromatic N) is 1. The fourth-order valence-corrected chi connectivity index (χ4v) is 1.84. The summed E-state index contributed by atoms with van der Waals surface area (Å²) in [5, 5.41) is 3.33. The van der Waals surface area contributed by atoms with Crippen LogP contribution in [0.4, 0.5) is 5.82 Å². The Labute approximate surface area is 121 Å². The van der Waals surface area contributed by atoms with Gasteiger partial charge in [0.25, 0.3) is 0 Å². The Kier molecular flexibility index (Phi) is 4.28. The third kappa shape index (κ3) is 4.26. The van der Waals surface area contributed by atoms with Gasteiger partial charge in [-0.1, -0.05) is 25.1 Å². The summed E-state index contributed by atoms with van der Waals surface area (Å²) in [6, 6.07) is 13.9. The molecule has 0 radical (unpaired) electrons. The van der Waals surface area contributed by atoms with Crippen molar-refractivity contribution in [3.05, 3.63) is 48.0 Å². The molecule has 106 valence electrons. The molecule has 3 heteroatoms. The van der Waals surface area contributed by atoms with E-state index in [1.165, 1.54) is 5.56 Å². The Morgan fingerprint density at radius 1 is 1.05 bits per heavy atom. The van der Waals surface area contributed by atoms with Gasteiger partial charge in [-0.25, -0.2) is 0 Å². The van der Waals surface area contributed by atoms with Crippen molar-refractivity contribution in [3.8, 4) is 11.6 Å². The van der Waals surface area contributed by atoms with Gasteiger partial charge in [0.05, 0.1) is 0 Å². The molecule has 0 bridgehead atoms. The lowest BCUT2D eigenvalue weighted by Gasteiger charge is -2.21.